The van der Waals surface area contributed by atoms with Crippen LogP contribution < -0.4 is 4.90 Å². The number of hydrogen-bond acceptors (Lipinski definition) is 5. The van der Waals surface area contributed by atoms with E-state index in [0.717, 1.165) is 25.7 Å². The van der Waals surface area contributed by atoms with Crippen molar-refractivity contribution in [2.75, 3.05) is 18.1 Å². The van der Waals surface area contributed by atoms with Gasteiger partial charge in [-0.1, -0.05) is 12.8 Å². The van der Waals surface area contributed by atoms with E-state index < -0.39 is 4.92 Å². The van der Waals surface area contributed by atoms with Crippen molar-refractivity contribution < 1.29 is 10.0 Å². The first kappa shape index (κ1) is 14.3. The van der Waals surface area contributed by atoms with Crippen LogP contribution in [0.5, 0.6) is 0 Å². The van der Waals surface area contributed by atoms with Gasteiger partial charge in [0.2, 0.25) is 0 Å². The minimum atomic E-state index is -0.463. The fourth-order valence-electron chi connectivity index (χ4n) is 2.81. The van der Waals surface area contributed by atoms with Gasteiger partial charge in [-0.2, -0.15) is 5.26 Å². The van der Waals surface area contributed by atoms with Crippen LogP contribution in [0.3, 0.4) is 0 Å². The van der Waals surface area contributed by atoms with E-state index in [9.17, 15) is 15.2 Å². The van der Waals surface area contributed by atoms with Crippen molar-refractivity contribution in [3.8, 4) is 6.07 Å². The van der Waals surface area contributed by atoms with Gasteiger partial charge in [-0.3, -0.25) is 10.1 Å². The number of anilines is 1. The quantitative estimate of drug-likeness (QED) is 0.657. The van der Waals surface area contributed by atoms with Crippen molar-refractivity contribution in [1.29, 1.82) is 5.26 Å². The van der Waals surface area contributed by atoms with Crippen molar-refractivity contribution in [3.05, 3.63) is 33.9 Å². The van der Waals surface area contributed by atoms with E-state index in [2.05, 4.69) is 0 Å². The molecule has 0 bridgehead atoms. The molecule has 0 aliphatic heterocycles. The van der Waals surface area contributed by atoms with Crippen molar-refractivity contribution in [2.24, 2.45) is 0 Å². The minimum absolute atomic E-state index is 0.0480. The lowest BCUT2D eigenvalue weighted by Crippen LogP contribution is -2.36. The first-order chi connectivity index (χ1) is 9.67. The molecule has 1 fully saturated rings. The standard InChI is InChI=1S/C14H17N3O3/c15-10-11-5-6-13(14(9-11)17(19)20)16(7-8-18)12-3-1-2-4-12/h5-6,9,12,18H,1-4,7-8H2. The number of benzene rings is 1. The molecule has 1 aliphatic rings. The first-order valence-electron chi connectivity index (χ1n) is 6.73. The van der Waals surface area contributed by atoms with Crippen molar-refractivity contribution in [2.45, 2.75) is 31.7 Å². The molecule has 1 aliphatic carbocycles. The average molecular weight is 275 g/mol. The summed E-state index contributed by atoms with van der Waals surface area (Å²) in [5.41, 5.74) is 0.704. The van der Waals surface area contributed by atoms with Gasteiger partial charge in [0.05, 0.1) is 23.2 Å². The zero-order valence-corrected chi connectivity index (χ0v) is 11.2. The number of nitro groups is 1. The molecule has 106 valence electrons. The lowest BCUT2D eigenvalue weighted by Gasteiger charge is -2.30. The Morgan fingerprint density at radius 2 is 2.15 bits per heavy atom. The zero-order chi connectivity index (χ0) is 14.5. The van der Waals surface area contributed by atoms with E-state index in [4.69, 9.17) is 5.26 Å². The molecule has 6 nitrogen and oxygen atoms in total. The molecule has 1 saturated carbocycles. The maximum absolute atomic E-state index is 11.2. The summed E-state index contributed by atoms with van der Waals surface area (Å²) in [6, 6.07) is 6.65. The van der Waals surface area contributed by atoms with E-state index in [-0.39, 0.29) is 23.9 Å². The van der Waals surface area contributed by atoms with Crippen molar-refractivity contribution in [1.82, 2.24) is 0 Å². The summed E-state index contributed by atoms with van der Waals surface area (Å²) in [5.74, 6) is 0. The molecule has 2 rings (SSSR count). The molecule has 0 spiro atoms. The summed E-state index contributed by atoms with van der Waals surface area (Å²) in [4.78, 5) is 12.7. The van der Waals surface area contributed by atoms with Gasteiger partial charge in [-0.25, -0.2) is 0 Å². The number of aliphatic hydroxyl groups excluding tert-OH is 1. The Morgan fingerprint density at radius 3 is 2.70 bits per heavy atom. The van der Waals surface area contributed by atoms with Crippen LogP contribution in [0.4, 0.5) is 11.4 Å². The van der Waals surface area contributed by atoms with Crippen LogP contribution in [0.15, 0.2) is 18.2 Å². The van der Waals surface area contributed by atoms with Crippen LogP contribution in [-0.4, -0.2) is 29.2 Å². The van der Waals surface area contributed by atoms with Crippen LogP contribution in [0.25, 0.3) is 0 Å². The molecule has 1 N–H and O–H groups in total. The molecule has 0 saturated heterocycles. The Labute approximate surface area is 117 Å². The predicted octanol–water partition coefficient (Wildman–Crippen LogP) is 2.21. The highest BCUT2D eigenvalue weighted by atomic mass is 16.6. The van der Waals surface area contributed by atoms with E-state index >= 15 is 0 Å². The van der Waals surface area contributed by atoms with E-state index in [1.54, 1.807) is 12.1 Å². The highest BCUT2D eigenvalue weighted by Gasteiger charge is 2.27. The Morgan fingerprint density at radius 1 is 1.45 bits per heavy atom. The lowest BCUT2D eigenvalue weighted by atomic mass is 10.1. The van der Waals surface area contributed by atoms with Crippen LogP contribution >= 0.6 is 0 Å². The number of nitro benzene ring substituents is 1. The summed E-state index contributed by atoms with van der Waals surface area (Å²) >= 11 is 0. The van der Waals surface area contributed by atoms with Crippen molar-refractivity contribution >= 4 is 11.4 Å². The second kappa shape index (κ2) is 6.35. The van der Waals surface area contributed by atoms with Gasteiger partial charge in [-0.15, -0.1) is 0 Å². The smallest absolute Gasteiger partial charge is 0.293 e. The van der Waals surface area contributed by atoms with Crippen LogP contribution in [0.2, 0.25) is 0 Å². The molecule has 0 atom stereocenters. The summed E-state index contributed by atoms with van der Waals surface area (Å²) in [6.07, 6.45) is 4.18. The highest BCUT2D eigenvalue weighted by molar-refractivity contribution is 5.66. The Balaban J connectivity index is 2.41. The number of hydrogen-bond donors (Lipinski definition) is 1. The van der Waals surface area contributed by atoms with E-state index in [1.807, 2.05) is 11.0 Å². The monoisotopic (exact) mass is 275 g/mol. The molecule has 1 aromatic carbocycles. The van der Waals surface area contributed by atoms with Crippen LogP contribution in [0, 0.1) is 21.4 Å². The molecular formula is C14H17N3O3. The van der Waals surface area contributed by atoms with Gasteiger partial charge in [0.1, 0.15) is 5.69 Å². The maximum atomic E-state index is 11.2. The van der Waals surface area contributed by atoms with Gasteiger partial charge in [0.15, 0.2) is 0 Å². The minimum Gasteiger partial charge on any atom is -0.395 e. The fourth-order valence-corrected chi connectivity index (χ4v) is 2.81. The molecule has 0 aromatic heterocycles. The van der Waals surface area contributed by atoms with Gasteiger partial charge >= 0.3 is 0 Å². The first-order valence-corrected chi connectivity index (χ1v) is 6.73. The van der Waals surface area contributed by atoms with Gasteiger partial charge in [-0.05, 0) is 25.0 Å². The number of aliphatic hydroxyl groups is 1. The molecule has 0 radical (unpaired) electrons. The van der Waals surface area contributed by atoms with Crippen LogP contribution in [0.1, 0.15) is 31.2 Å². The second-order valence-electron chi connectivity index (χ2n) is 4.93. The number of nitriles is 1. The van der Waals surface area contributed by atoms with Crippen LogP contribution in [-0.2, 0) is 0 Å². The molecule has 0 heterocycles. The maximum Gasteiger partial charge on any atom is 0.293 e. The Bertz CT molecular complexity index is 533. The van der Waals surface area contributed by atoms with E-state index in [0.29, 0.717) is 12.2 Å². The summed E-state index contributed by atoms with van der Waals surface area (Å²) in [7, 11) is 0. The highest BCUT2D eigenvalue weighted by Crippen LogP contribution is 2.34. The normalized spacial score (nSPS) is 15.0. The topological polar surface area (TPSA) is 90.4 Å². The molecular weight excluding hydrogens is 258 g/mol. The number of nitrogens with zero attached hydrogens (tertiary/aromatic N) is 3. The molecule has 6 heteroatoms. The van der Waals surface area contributed by atoms with Gasteiger partial charge in [0, 0.05) is 18.7 Å². The Kier molecular flexibility index (Phi) is 4.53. The number of rotatable bonds is 5. The van der Waals surface area contributed by atoms with Gasteiger partial charge < -0.3 is 10.0 Å². The Hall–Kier alpha value is -2.13. The summed E-state index contributed by atoms with van der Waals surface area (Å²) in [5, 5.41) is 29.3. The van der Waals surface area contributed by atoms with Gasteiger partial charge in [0.25, 0.3) is 5.69 Å². The van der Waals surface area contributed by atoms with E-state index in [1.165, 1.54) is 6.07 Å². The summed E-state index contributed by atoms with van der Waals surface area (Å²) < 4.78 is 0. The molecule has 0 amide bonds. The average Bonchev–Trinajstić information content (AvgIpc) is 2.98. The molecule has 0 unspecified atom stereocenters. The second-order valence-corrected chi connectivity index (χ2v) is 4.93. The third-order valence-electron chi connectivity index (χ3n) is 3.72. The zero-order valence-electron chi connectivity index (χ0n) is 11.2. The largest absolute Gasteiger partial charge is 0.395 e. The summed E-state index contributed by atoms with van der Waals surface area (Å²) in [6.45, 7) is 0.324. The molecule has 1 aromatic rings. The van der Waals surface area contributed by atoms with Crippen molar-refractivity contribution in [3.63, 3.8) is 0 Å². The lowest BCUT2D eigenvalue weighted by molar-refractivity contribution is -0.384. The third kappa shape index (κ3) is 2.89. The fraction of sp³-hybridized carbons (Fsp3) is 0.500. The predicted molar refractivity (Wildman–Crippen MR) is 74.5 cm³/mol. The SMILES string of the molecule is N#Cc1ccc(N(CCO)C2CCCC2)c([N+](=O)[O-])c1. The molecule has 20 heavy (non-hydrogen) atoms. The third-order valence-corrected chi connectivity index (χ3v) is 3.72.